The molecule has 2 rings (SSSR count). The number of phenolic OH excluding ortho intramolecular Hbond substituents is 2. The summed E-state index contributed by atoms with van der Waals surface area (Å²) >= 11 is 0. The van der Waals surface area contributed by atoms with Crippen molar-refractivity contribution < 1.29 is 27.6 Å². The monoisotopic (exact) mass is 366 g/mol. The third-order valence-corrected chi connectivity index (χ3v) is 1.51. The number of benzene rings is 2. The fourth-order valence-corrected chi connectivity index (χ4v) is 0.856. The molecule has 0 aromatic heterocycles. The van der Waals surface area contributed by atoms with Gasteiger partial charge in [-0.25, -0.2) is 0 Å². The summed E-state index contributed by atoms with van der Waals surface area (Å²) in [5.41, 5.74) is 0. The van der Waals surface area contributed by atoms with Gasteiger partial charge in [0, 0.05) is 17.4 Å². The van der Waals surface area contributed by atoms with Crippen molar-refractivity contribution in [3.63, 3.8) is 0 Å². The Balaban J connectivity index is -0.000000225. The summed E-state index contributed by atoms with van der Waals surface area (Å²) in [7, 11) is 2.72. The fraction of sp³-hybridized carbons (Fsp3) is 0.250. The zero-order chi connectivity index (χ0) is 14.7. The summed E-state index contributed by atoms with van der Waals surface area (Å²) in [6.45, 7) is 6.45. The minimum atomic E-state index is 0. The molecule has 0 fully saturated rings. The maximum atomic E-state index is 8.63. The van der Waals surface area contributed by atoms with Gasteiger partial charge < -0.3 is 10.2 Å². The van der Waals surface area contributed by atoms with E-state index in [1.54, 1.807) is 48.5 Å². The van der Waals surface area contributed by atoms with E-state index in [1.165, 1.54) is 0 Å². The Morgan fingerprint density at radius 3 is 1.00 bits per heavy atom. The smallest absolute Gasteiger partial charge is 0.115 e. The van der Waals surface area contributed by atoms with Gasteiger partial charge in [0.05, 0.1) is 0 Å². The summed E-state index contributed by atoms with van der Waals surface area (Å²) < 4.78 is 0. The van der Waals surface area contributed by atoms with Crippen molar-refractivity contribution in [1.29, 1.82) is 0 Å². The molecule has 21 heavy (non-hydrogen) atoms. The molecule has 1 unspecified atom stereocenters. The number of halogens is 1. The van der Waals surface area contributed by atoms with Gasteiger partial charge in [0.2, 0.25) is 0 Å². The first-order valence-electron chi connectivity index (χ1n) is 6.06. The molecular formula is C16H24ClCrO2P. The van der Waals surface area contributed by atoms with Crippen LogP contribution in [0.2, 0.25) is 0 Å². The molecular weight excluding hydrogens is 343 g/mol. The molecule has 0 radical (unpaired) electrons. The van der Waals surface area contributed by atoms with E-state index in [9.17, 15) is 0 Å². The molecule has 5 heteroatoms. The zero-order valence-corrected chi connectivity index (χ0v) is 15.8. The molecule has 2 N–H and O–H groups in total. The van der Waals surface area contributed by atoms with E-state index in [4.69, 9.17) is 10.2 Å². The molecule has 2 aromatic carbocycles. The SMILES string of the molecule is CC(C)(C)P.Cl.Oc1ccccc1.Oc1ccccc1.[Cr]. The van der Waals surface area contributed by atoms with Crippen LogP contribution in [0.25, 0.3) is 0 Å². The maximum Gasteiger partial charge on any atom is 0.115 e. The van der Waals surface area contributed by atoms with E-state index in [1.807, 2.05) is 12.1 Å². The fourth-order valence-electron chi connectivity index (χ4n) is 0.856. The quantitative estimate of drug-likeness (QED) is 0.653. The van der Waals surface area contributed by atoms with Crippen molar-refractivity contribution in [2.24, 2.45) is 0 Å². The number of phenols is 2. The largest absolute Gasteiger partial charge is 0.508 e. The number of hydrogen-bond acceptors (Lipinski definition) is 2. The molecule has 0 heterocycles. The van der Waals surface area contributed by atoms with Gasteiger partial charge in [-0.15, -0.1) is 21.6 Å². The number of hydrogen-bond donors (Lipinski definition) is 2. The average molecular weight is 367 g/mol. The predicted octanol–water partition coefficient (Wildman–Crippen LogP) is 4.86. The van der Waals surface area contributed by atoms with Gasteiger partial charge in [0.25, 0.3) is 0 Å². The summed E-state index contributed by atoms with van der Waals surface area (Å²) in [6, 6.07) is 17.4. The second-order valence-corrected chi connectivity index (χ2v) is 6.77. The molecule has 0 aliphatic carbocycles. The van der Waals surface area contributed by atoms with Gasteiger partial charge in [-0.05, 0) is 29.4 Å². The van der Waals surface area contributed by atoms with E-state index in [0.717, 1.165) is 0 Å². The Kier molecular flexibility index (Phi) is 17.1. The Morgan fingerprint density at radius 1 is 0.714 bits per heavy atom. The van der Waals surface area contributed by atoms with Crippen molar-refractivity contribution in [3.8, 4) is 11.5 Å². The second-order valence-electron chi connectivity index (χ2n) is 5.04. The third kappa shape index (κ3) is 24.7. The predicted molar refractivity (Wildman–Crippen MR) is 92.9 cm³/mol. The number of rotatable bonds is 0. The van der Waals surface area contributed by atoms with E-state index in [2.05, 4.69) is 30.0 Å². The van der Waals surface area contributed by atoms with E-state index in [0.29, 0.717) is 16.7 Å². The van der Waals surface area contributed by atoms with Gasteiger partial charge in [0.1, 0.15) is 11.5 Å². The Morgan fingerprint density at radius 2 is 0.905 bits per heavy atom. The van der Waals surface area contributed by atoms with E-state index in [-0.39, 0.29) is 29.8 Å². The van der Waals surface area contributed by atoms with Crippen LogP contribution in [0, 0.1) is 0 Å². The van der Waals surface area contributed by atoms with Gasteiger partial charge in [-0.3, -0.25) is 0 Å². The second kappa shape index (κ2) is 14.2. The summed E-state index contributed by atoms with van der Waals surface area (Å²) in [5, 5.41) is 17.7. The van der Waals surface area contributed by atoms with Crippen molar-refractivity contribution in [2.45, 2.75) is 25.9 Å². The van der Waals surface area contributed by atoms with Crippen molar-refractivity contribution in [1.82, 2.24) is 0 Å². The van der Waals surface area contributed by atoms with Crippen LogP contribution in [0.4, 0.5) is 0 Å². The first-order valence-corrected chi connectivity index (χ1v) is 6.63. The first kappa shape index (κ1) is 25.3. The summed E-state index contributed by atoms with van der Waals surface area (Å²) in [5.74, 6) is 0.644. The molecule has 0 bridgehead atoms. The Labute approximate surface area is 147 Å². The summed E-state index contributed by atoms with van der Waals surface area (Å²) in [4.78, 5) is 0. The third-order valence-electron chi connectivity index (χ3n) is 1.51. The van der Waals surface area contributed by atoms with Gasteiger partial charge >= 0.3 is 0 Å². The molecule has 118 valence electrons. The van der Waals surface area contributed by atoms with Gasteiger partial charge in [-0.2, -0.15) is 0 Å². The van der Waals surface area contributed by atoms with Gasteiger partial charge in [0.15, 0.2) is 0 Å². The van der Waals surface area contributed by atoms with Crippen LogP contribution in [0.15, 0.2) is 60.7 Å². The normalized spacial score (nSPS) is 8.57. The van der Waals surface area contributed by atoms with Crippen LogP contribution in [-0.4, -0.2) is 15.4 Å². The van der Waals surface area contributed by atoms with Crippen molar-refractivity contribution in [3.05, 3.63) is 60.7 Å². The molecule has 1 atom stereocenters. The van der Waals surface area contributed by atoms with Crippen LogP contribution < -0.4 is 0 Å². The van der Waals surface area contributed by atoms with Crippen LogP contribution in [0.3, 0.4) is 0 Å². The molecule has 0 saturated heterocycles. The van der Waals surface area contributed by atoms with Crippen molar-refractivity contribution >= 4 is 21.6 Å². The molecule has 2 nitrogen and oxygen atoms in total. The maximum absolute atomic E-state index is 8.63. The van der Waals surface area contributed by atoms with Crippen LogP contribution in [-0.2, 0) is 17.4 Å². The molecule has 0 spiro atoms. The summed E-state index contributed by atoms with van der Waals surface area (Å²) in [6.07, 6.45) is 0. The van der Waals surface area contributed by atoms with Crippen LogP contribution in [0.1, 0.15) is 20.8 Å². The minimum absolute atomic E-state index is 0. The molecule has 0 aliphatic rings. The zero-order valence-electron chi connectivity index (χ0n) is 12.6. The first-order chi connectivity index (χ1) is 8.79. The number of aromatic hydroxyl groups is 2. The topological polar surface area (TPSA) is 40.5 Å². The Bertz CT molecular complexity index is 390. The van der Waals surface area contributed by atoms with Crippen LogP contribution in [0.5, 0.6) is 11.5 Å². The standard InChI is InChI=1S/2C6H6O.C4H11P.ClH.Cr/c2*7-6-4-2-1-3-5-6;1-4(2,3)5;;/h2*1-5,7H;5H2,1-3H3;1H;. The van der Waals surface area contributed by atoms with Crippen molar-refractivity contribution in [2.75, 3.05) is 0 Å². The molecule has 2 aromatic rings. The Hall–Kier alpha value is -0.708. The average Bonchev–Trinajstić information content (AvgIpc) is 2.29. The van der Waals surface area contributed by atoms with Gasteiger partial charge in [-0.1, -0.05) is 57.2 Å². The number of para-hydroxylation sites is 2. The minimum Gasteiger partial charge on any atom is -0.508 e. The molecule has 0 aliphatic heterocycles. The van der Waals surface area contributed by atoms with E-state index < -0.39 is 0 Å². The van der Waals surface area contributed by atoms with E-state index >= 15 is 0 Å². The molecule has 0 amide bonds. The van der Waals surface area contributed by atoms with Crippen LogP contribution >= 0.6 is 21.6 Å². The molecule has 0 saturated carbocycles.